The Kier molecular flexibility index (Phi) is 5.09. The Balaban J connectivity index is 1.58. The zero-order valence-electron chi connectivity index (χ0n) is 15.9. The summed E-state index contributed by atoms with van der Waals surface area (Å²) in [4.78, 5) is 22.9. The minimum absolute atomic E-state index is 0.121. The van der Waals surface area contributed by atoms with Crippen LogP contribution in [0.25, 0.3) is 22.4 Å². The summed E-state index contributed by atoms with van der Waals surface area (Å²) >= 11 is 6.47. The van der Waals surface area contributed by atoms with Crippen LogP contribution in [0.2, 0.25) is 5.02 Å². The number of hydrogen-bond donors (Lipinski definition) is 1. The van der Waals surface area contributed by atoms with Gasteiger partial charge in [-0.05, 0) is 31.0 Å². The number of pyridine rings is 1. The maximum atomic E-state index is 11.4. The standard InChI is InChI=1S/C20H22ClN5O2/c1-25-17-6-4-3-5-16(17)24-19(25)14-11-18(22-12-15(14)21)26-9-7-13(8-10-26)23-20(27)28-2/h3-6,11-13H,7-10H2,1-2H3,(H,23,27). The van der Waals surface area contributed by atoms with E-state index in [4.69, 9.17) is 16.6 Å². The van der Waals surface area contributed by atoms with Gasteiger partial charge in [0.15, 0.2) is 0 Å². The summed E-state index contributed by atoms with van der Waals surface area (Å²) in [5.74, 6) is 1.68. The minimum Gasteiger partial charge on any atom is -0.453 e. The molecule has 3 heterocycles. The summed E-state index contributed by atoms with van der Waals surface area (Å²) in [5.41, 5.74) is 2.85. The molecule has 0 bridgehead atoms. The summed E-state index contributed by atoms with van der Waals surface area (Å²) in [6.07, 6.45) is 2.97. The van der Waals surface area contributed by atoms with E-state index in [1.54, 1.807) is 6.20 Å². The van der Waals surface area contributed by atoms with Crippen molar-refractivity contribution in [2.24, 2.45) is 7.05 Å². The number of carbonyl (C=O) groups is 1. The number of hydrogen-bond acceptors (Lipinski definition) is 5. The van der Waals surface area contributed by atoms with Crippen LogP contribution >= 0.6 is 11.6 Å². The first-order valence-electron chi connectivity index (χ1n) is 9.23. The molecule has 146 valence electrons. The van der Waals surface area contributed by atoms with Gasteiger partial charge in [-0.2, -0.15) is 0 Å². The Morgan fingerprint density at radius 1 is 1.29 bits per heavy atom. The third-order valence-electron chi connectivity index (χ3n) is 5.20. The van der Waals surface area contributed by atoms with Crippen LogP contribution in [0.3, 0.4) is 0 Å². The number of imidazole rings is 1. The van der Waals surface area contributed by atoms with Gasteiger partial charge in [-0.25, -0.2) is 14.8 Å². The van der Waals surface area contributed by atoms with E-state index in [1.165, 1.54) is 7.11 Å². The lowest BCUT2D eigenvalue weighted by atomic mass is 10.1. The number of methoxy groups -OCH3 is 1. The Hall–Kier alpha value is -2.80. The van der Waals surface area contributed by atoms with E-state index < -0.39 is 0 Å². The monoisotopic (exact) mass is 399 g/mol. The Morgan fingerprint density at radius 3 is 2.75 bits per heavy atom. The smallest absolute Gasteiger partial charge is 0.407 e. The first kappa shape index (κ1) is 18.6. The predicted octanol–water partition coefficient (Wildman–Crippen LogP) is 3.61. The van der Waals surface area contributed by atoms with Crippen LogP contribution in [-0.2, 0) is 11.8 Å². The molecule has 0 spiro atoms. The average Bonchev–Trinajstić information content (AvgIpc) is 3.05. The van der Waals surface area contributed by atoms with E-state index in [2.05, 4.69) is 19.9 Å². The molecule has 1 aliphatic heterocycles. The molecule has 0 radical (unpaired) electrons. The van der Waals surface area contributed by atoms with Crippen LogP contribution in [0.5, 0.6) is 0 Å². The van der Waals surface area contributed by atoms with Gasteiger partial charge in [0.1, 0.15) is 11.6 Å². The molecule has 0 aliphatic carbocycles. The number of piperidine rings is 1. The van der Waals surface area contributed by atoms with Gasteiger partial charge in [0.05, 0.1) is 23.2 Å². The quantitative estimate of drug-likeness (QED) is 0.728. The lowest BCUT2D eigenvalue weighted by molar-refractivity contribution is 0.164. The lowest BCUT2D eigenvalue weighted by Gasteiger charge is -2.33. The molecule has 3 aromatic rings. The third kappa shape index (κ3) is 3.49. The second kappa shape index (κ2) is 7.67. The van der Waals surface area contributed by atoms with Crippen LogP contribution in [0.1, 0.15) is 12.8 Å². The van der Waals surface area contributed by atoms with Gasteiger partial charge in [0, 0.05) is 37.9 Å². The van der Waals surface area contributed by atoms with Gasteiger partial charge in [-0.3, -0.25) is 0 Å². The number of anilines is 1. The molecule has 1 fully saturated rings. The number of nitrogens with one attached hydrogen (secondary N) is 1. The van der Waals surface area contributed by atoms with Gasteiger partial charge < -0.3 is 19.5 Å². The fraction of sp³-hybridized carbons (Fsp3) is 0.350. The van der Waals surface area contributed by atoms with Crippen molar-refractivity contribution in [1.29, 1.82) is 0 Å². The van der Waals surface area contributed by atoms with Gasteiger partial charge in [0.2, 0.25) is 0 Å². The molecule has 1 N–H and O–H groups in total. The molecule has 1 aromatic carbocycles. The number of fused-ring (bicyclic) bond motifs is 1. The van der Waals surface area contributed by atoms with Crippen molar-refractivity contribution in [3.05, 3.63) is 41.6 Å². The summed E-state index contributed by atoms with van der Waals surface area (Å²) in [6.45, 7) is 1.59. The van der Waals surface area contributed by atoms with E-state index in [9.17, 15) is 4.79 Å². The normalized spacial score (nSPS) is 15.0. The molecule has 8 heteroatoms. The maximum absolute atomic E-state index is 11.4. The highest BCUT2D eigenvalue weighted by Gasteiger charge is 2.23. The largest absolute Gasteiger partial charge is 0.453 e. The zero-order valence-corrected chi connectivity index (χ0v) is 16.6. The van der Waals surface area contributed by atoms with E-state index in [0.29, 0.717) is 5.02 Å². The highest BCUT2D eigenvalue weighted by molar-refractivity contribution is 6.33. The number of aryl methyl sites for hydroxylation is 1. The Labute approximate surface area is 168 Å². The van der Waals surface area contributed by atoms with Crippen molar-refractivity contribution in [1.82, 2.24) is 19.9 Å². The molecule has 2 aromatic heterocycles. The molecule has 1 amide bonds. The second-order valence-corrected chi connectivity index (χ2v) is 7.31. The van der Waals surface area contributed by atoms with Crippen molar-refractivity contribution in [2.75, 3.05) is 25.1 Å². The summed E-state index contributed by atoms with van der Waals surface area (Å²) in [6, 6.07) is 10.1. The topological polar surface area (TPSA) is 72.3 Å². The summed E-state index contributed by atoms with van der Waals surface area (Å²) < 4.78 is 6.73. The number of amides is 1. The first-order valence-corrected chi connectivity index (χ1v) is 9.61. The SMILES string of the molecule is COC(=O)NC1CCN(c2cc(-c3nc4ccccc4n3C)c(Cl)cn2)CC1. The molecule has 0 atom stereocenters. The van der Waals surface area contributed by atoms with Crippen LogP contribution in [0.4, 0.5) is 10.6 Å². The molecule has 28 heavy (non-hydrogen) atoms. The van der Waals surface area contributed by atoms with Crippen molar-refractivity contribution in [3.63, 3.8) is 0 Å². The second-order valence-electron chi connectivity index (χ2n) is 6.90. The van der Waals surface area contributed by atoms with E-state index in [0.717, 1.165) is 54.2 Å². The van der Waals surface area contributed by atoms with Crippen LogP contribution in [0.15, 0.2) is 36.5 Å². The fourth-order valence-corrected chi connectivity index (χ4v) is 3.82. The number of carbonyl (C=O) groups excluding carboxylic acids is 1. The number of aromatic nitrogens is 3. The molecule has 0 saturated carbocycles. The molecule has 0 unspecified atom stereocenters. The number of halogens is 1. The van der Waals surface area contributed by atoms with E-state index >= 15 is 0 Å². The third-order valence-corrected chi connectivity index (χ3v) is 5.50. The zero-order chi connectivity index (χ0) is 19.7. The number of alkyl carbamates (subject to hydrolysis) is 1. The van der Waals surface area contributed by atoms with Gasteiger partial charge in [0.25, 0.3) is 0 Å². The highest BCUT2D eigenvalue weighted by atomic mass is 35.5. The summed E-state index contributed by atoms with van der Waals surface area (Å²) in [5, 5.41) is 3.44. The molecule has 4 rings (SSSR count). The van der Waals surface area contributed by atoms with Crippen molar-refractivity contribution in [2.45, 2.75) is 18.9 Å². The van der Waals surface area contributed by atoms with E-state index in [1.807, 2.05) is 41.9 Å². The molecular weight excluding hydrogens is 378 g/mol. The molecule has 7 nitrogen and oxygen atoms in total. The number of ether oxygens (including phenoxy) is 1. The Bertz CT molecular complexity index is 1010. The number of benzene rings is 1. The van der Waals surface area contributed by atoms with Crippen LogP contribution in [-0.4, -0.2) is 46.9 Å². The lowest BCUT2D eigenvalue weighted by Crippen LogP contribution is -2.44. The average molecular weight is 400 g/mol. The minimum atomic E-state index is -0.382. The number of nitrogens with zero attached hydrogens (tertiary/aromatic N) is 4. The molecule has 1 aliphatic rings. The van der Waals surface area contributed by atoms with Crippen molar-refractivity contribution >= 4 is 34.5 Å². The number of rotatable bonds is 3. The maximum Gasteiger partial charge on any atom is 0.407 e. The summed E-state index contributed by atoms with van der Waals surface area (Å²) in [7, 11) is 3.37. The van der Waals surface area contributed by atoms with Crippen molar-refractivity contribution < 1.29 is 9.53 Å². The molecular formula is C20H22ClN5O2. The van der Waals surface area contributed by atoms with Gasteiger partial charge in [-0.1, -0.05) is 23.7 Å². The predicted molar refractivity (Wildman–Crippen MR) is 110 cm³/mol. The van der Waals surface area contributed by atoms with E-state index in [-0.39, 0.29) is 12.1 Å². The van der Waals surface area contributed by atoms with Gasteiger partial charge >= 0.3 is 6.09 Å². The first-order chi connectivity index (χ1) is 13.6. The Morgan fingerprint density at radius 2 is 2.04 bits per heavy atom. The molecule has 1 saturated heterocycles. The fourth-order valence-electron chi connectivity index (χ4n) is 3.64. The van der Waals surface area contributed by atoms with Crippen LogP contribution < -0.4 is 10.2 Å². The highest BCUT2D eigenvalue weighted by Crippen LogP contribution is 2.32. The van der Waals surface area contributed by atoms with Gasteiger partial charge in [-0.15, -0.1) is 0 Å². The van der Waals surface area contributed by atoms with Crippen molar-refractivity contribution in [3.8, 4) is 11.4 Å². The number of para-hydroxylation sites is 2. The van der Waals surface area contributed by atoms with Crippen LogP contribution in [0, 0.1) is 0 Å².